The zero-order valence-electron chi connectivity index (χ0n) is 21.7. The molecule has 8 heteroatoms. The highest BCUT2D eigenvalue weighted by Crippen LogP contribution is 2.42. The van der Waals surface area contributed by atoms with Gasteiger partial charge in [0.2, 0.25) is 11.8 Å². The molecule has 2 saturated heterocycles. The van der Waals surface area contributed by atoms with Crippen LogP contribution in [0.15, 0.2) is 54.6 Å². The Kier molecular flexibility index (Phi) is 7.77. The molecule has 200 valence electrons. The molecule has 1 aliphatic carbocycles. The third-order valence-electron chi connectivity index (χ3n) is 8.40. The fourth-order valence-electron chi connectivity index (χ4n) is 6.35. The van der Waals surface area contributed by atoms with Gasteiger partial charge in [-0.1, -0.05) is 55.8 Å². The van der Waals surface area contributed by atoms with Crippen molar-refractivity contribution in [3.63, 3.8) is 0 Å². The van der Waals surface area contributed by atoms with E-state index in [2.05, 4.69) is 10.6 Å². The summed E-state index contributed by atoms with van der Waals surface area (Å²) in [7, 11) is 0. The van der Waals surface area contributed by atoms with E-state index in [1.807, 2.05) is 61.5 Å². The Labute approximate surface area is 223 Å². The van der Waals surface area contributed by atoms with Gasteiger partial charge in [-0.05, 0) is 60.3 Å². The van der Waals surface area contributed by atoms with Crippen molar-refractivity contribution in [2.24, 2.45) is 23.7 Å². The highest BCUT2D eigenvalue weighted by molar-refractivity contribution is 5.91. The summed E-state index contributed by atoms with van der Waals surface area (Å²) >= 11 is 0. The summed E-state index contributed by atoms with van der Waals surface area (Å²) in [6, 6.07) is 16.1. The van der Waals surface area contributed by atoms with Crippen LogP contribution in [-0.4, -0.2) is 60.7 Å². The summed E-state index contributed by atoms with van der Waals surface area (Å²) in [4.78, 5) is 52.4. The molecular weight excluding hydrogens is 482 g/mol. The van der Waals surface area contributed by atoms with Gasteiger partial charge in [-0.3, -0.25) is 14.4 Å². The van der Waals surface area contributed by atoms with E-state index in [-0.39, 0.29) is 54.4 Å². The quantitative estimate of drug-likeness (QED) is 0.498. The van der Waals surface area contributed by atoms with Gasteiger partial charge in [-0.2, -0.15) is 0 Å². The SMILES string of the molecule is CC1CNC(=O)[C@@H]1C[C@@H](C=O)NC(=O)C1[C@@H]2CCC[C@H]2CN1C(=O)COc1cccc(-c2ccccc2)c1. The number of hydrogen-bond donors (Lipinski definition) is 2. The van der Waals surface area contributed by atoms with Crippen molar-refractivity contribution in [2.45, 2.75) is 44.7 Å². The van der Waals surface area contributed by atoms with Gasteiger partial charge in [0, 0.05) is 19.0 Å². The van der Waals surface area contributed by atoms with Gasteiger partial charge in [-0.15, -0.1) is 0 Å². The Morgan fingerprint density at radius 3 is 2.66 bits per heavy atom. The molecule has 2 unspecified atom stereocenters. The van der Waals surface area contributed by atoms with Crippen LogP contribution in [0.1, 0.15) is 32.6 Å². The first-order valence-electron chi connectivity index (χ1n) is 13.6. The second-order valence-corrected chi connectivity index (χ2v) is 10.8. The minimum absolute atomic E-state index is 0.0707. The summed E-state index contributed by atoms with van der Waals surface area (Å²) in [5, 5.41) is 5.67. The van der Waals surface area contributed by atoms with E-state index in [1.54, 1.807) is 4.90 Å². The molecule has 3 aliphatic rings. The molecule has 2 aromatic carbocycles. The monoisotopic (exact) mass is 517 g/mol. The molecule has 2 aliphatic heterocycles. The summed E-state index contributed by atoms with van der Waals surface area (Å²) in [6.45, 7) is 2.88. The molecule has 0 radical (unpaired) electrons. The van der Waals surface area contributed by atoms with Gasteiger partial charge in [0.1, 0.15) is 18.1 Å². The number of amides is 3. The maximum absolute atomic E-state index is 13.5. The number of fused-ring (bicyclic) bond motifs is 1. The molecule has 6 atom stereocenters. The Bertz CT molecular complexity index is 1190. The van der Waals surface area contributed by atoms with Crippen LogP contribution in [0, 0.1) is 23.7 Å². The van der Waals surface area contributed by atoms with E-state index in [9.17, 15) is 19.2 Å². The molecule has 3 amide bonds. The van der Waals surface area contributed by atoms with Gasteiger partial charge >= 0.3 is 0 Å². The average Bonchev–Trinajstić information content (AvgIpc) is 3.63. The normalized spacial score (nSPS) is 26.9. The lowest BCUT2D eigenvalue weighted by Crippen LogP contribution is -2.52. The van der Waals surface area contributed by atoms with Crippen molar-refractivity contribution in [3.05, 3.63) is 54.6 Å². The Morgan fingerprint density at radius 2 is 1.92 bits per heavy atom. The topological polar surface area (TPSA) is 105 Å². The number of nitrogens with one attached hydrogen (secondary N) is 2. The third kappa shape index (κ3) is 5.44. The maximum atomic E-state index is 13.5. The highest BCUT2D eigenvalue weighted by Gasteiger charge is 2.49. The largest absolute Gasteiger partial charge is 0.484 e. The van der Waals surface area contributed by atoms with Crippen LogP contribution in [0.3, 0.4) is 0 Å². The second kappa shape index (κ2) is 11.4. The summed E-state index contributed by atoms with van der Waals surface area (Å²) in [5.74, 6) is 0.0748. The van der Waals surface area contributed by atoms with Crippen LogP contribution >= 0.6 is 0 Å². The van der Waals surface area contributed by atoms with E-state index in [4.69, 9.17) is 4.74 Å². The Balaban J connectivity index is 1.24. The van der Waals surface area contributed by atoms with Crippen LogP contribution < -0.4 is 15.4 Å². The van der Waals surface area contributed by atoms with E-state index >= 15 is 0 Å². The predicted molar refractivity (Wildman–Crippen MR) is 142 cm³/mol. The van der Waals surface area contributed by atoms with Crippen LogP contribution in [0.5, 0.6) is 5.75 Å². The lowest BCUT2D eigenvalue weighted by atomic mass is 9.90. The lowest BCUT2D eigenvalue weighted by Gasteiger charge is -2.28. The molecule has 5 rings (SSSR count). The standard InChI is InChI=1S/C30H35N3O5/c1-19-15-31-29(36)26(19)14-23(17-34)32-30(37)28-25-12-6-10-22(25)16-33(28)27(35)18-38-24-11-5-9-21(13-24)20-7-3-2-4-8-20/h2-5,7-9,11,13,17,19,22-23,25-26,28H,6,10,12,14-16,18H2,1H3,(H,31,36)(H,32,37)/t19?,22-,23-,25+,26+,28?/m0/s1. The number of carbonyl (C=O) groups is 4. The summed E-state index contributed by atoms with van der Waals surface area (Å²) in [5.41, 5.74) is 2.05. The van der Waals surface area contributed by atoms with Gasteiger partial charge in [0.15, 0.2) is 6.61 Å². The molecule has 38 heavy (non-hydrogen) atoms. The van der Waals surface area contributed by atoms with E-state index in [0.717, 1.165) is 30.4 Å². The first kappa shape index (κ1) is 25.9. The van der Waals surface area contributed by atoms with Crippen molar-refractivity contribution >= 4 is 24.0 Å². The first-order valence-corrected chi connectivity index (χ1v) is 13.6. The average molecular weight is 518 g/mol. The van der Waals surface area contributed by atoms with E-state index in [1.165, 1.54) is 0 Å². The fourth-order valence-corrected chi connectivity index (χ4v) is 6.35. The number of nitrogens with zero attached hydrogens (tertiary/aromatic N) is 1. The summed E-state index contributed by atoms with van der Waals surface area (Å²) < 4.78 is 5.88. The van der Waals surface area contributed by atoms with Gasteiger partial charge < -0.3 is 25.1 Å². The molecule has 1 saturated carbocycles. The van der Waals surface area contributed by atoms with Crippen molar-refractivity contribution in [1.82, 2.24) is 15.5 Å². The zero-order valence-corrected chi connectivity index (χ0v) is 21.7. The molecule has 3 fully saturated rings. The molecule has 0 spiro atoms. The van der Waals surface area contributed by atoms with E-state index in [0.29, 0.717) is 25.1 Å². The number of hydrogen-bond acceptors (Lipinski definition) is 5. The van der Waals surface area contributed by atoms with Crippen LogP contribution in [0.4, 0.5) is 0 Å². The number of carbonyl (C=O) groups excluding carboxylic acids is 4. The lowest BCUT2D eigenvalue weighted by molar-refractivity contribution is -0.141. The molecule has 0 aromatic heterocycles. The van der Waals surface area contributed by atoms with Crippen molar-refractivity contribution in [1.29, 1.82) is 0 Å². The minimum atomic E-state index is -0.770. The second-order valence-electron chi connectivity index (χ2n) is 10.8. The number of likely N-dealkylation sites (tertiary alicyclic amines) is 1. The molecule has 8 nitrogen and oxygen atoms in total. The molecule has 0 bridgehead atoms. The number of aldehydes is 1. The van der Waals surface area contributed by atoms with Crippen LogP contribution in [-0.2, 0) is 19.2 Å². The summed E-state index contributed by atoms with van der Waals surface area (Å²) in [6.07, 6.45) is 3.85. The number of rotatable bonds is 9. The van der Waals surface area contributed by atoms with Gasteiger partial charge in [0.25, 0.3) is 5.91 Å². The first-order chi connectivity index (χ1) is 18.4. The molecule has 2 aromatic rings. The third-order valence-corrected chi connectivity index (χ3v) is 8.40. The minimum Gasteiger partial charge on any atom is -0.484 e. The molecular formula is C30H35N3O5. The van der Waals surface area contributed by atoms with Crippen LogP contribution in [0.25, 0.3) is 11.1 Å². The predicted octanol–water partition coefficient (Wildman–Crippen LogP) is 2.82. The van der Waals surface area contributed by atoms with Crippen molar-refractivity contribution in [3.8, 4) is 16.9 Å². The Morgan fingerprint density at radius 1 is 1.13 bits per heavy atom. The van der Waals surface area contributed by atoms with Crippen LogP contribution in [0.2, 0.25) is 0 Å². The number of ether oxygens (including phenoxy) is 1. The fraction of sp³-hybridized carbons (Fsp3) is 0.467. The Hall–Kier alpha value is -3.68. The molecule has 2 heterocycles. The van der Waals surface area contributed by atoms with Gasteiger partial charge in [-0.25, -0.2) is 0 Å². The van der Waals surface area contributed by atoms with E-state index < -0.39 is 12.1 Å². The highest BCUT2D eigenvalue weighted by atomic mass is 16.5. The number of benzene rings is 2. The smallest absolute Gasteiger partial charge is 0.261 e. The molecule has 2 N–H and O–H groups in total. The van der Waals surface area contributed by atoms with Gasteiger partial charge in [0.05, 0.1) is 6.04 Å². The zero-order chi connectivity index (χ0) is 26.6. The van der Waals surface area contributed by atoms with Crippen molar-refractivity contribution < 1.29 is 23.9 Å². The maximum Gasteiger partial charge on any atom is 0.261 e. The van der Waals surface area contributed by atoms with Crippen molar-refractivity contribution in [2.75, 3.05) is 19.7 Å².